The number of amides is 2. The molecule has 8 nitrogen and oxygen atoms in total. The highest BCUT2D eigenvalue weighted by Crippen LogP contribution is 2.44. The van der Waals surface area contributed by atoms with Crippen LogP contribution in [0.1, 0.15) is 37.3 Å². The van der Waals surface area contributed by atoms with E-state index in [1.54, 1.807) is 13.8 Å². The molecule has 0 fully saturated rings. The van der Waals surface area contributed by atoms with Gasteiger partial charge in [-0.25, -0.2) is 0 Å². The summed E-state index contributed by atoms with van der Waals surface area (Å²) in [6.07, 6.45) is -0.446. The molecule has 2 atom stereocenters. The summed E-state index contributed by atoms with van der Waals surface area (Å²) in [7, 11) is 0. The van der Waals surface area contributed by atoms with Crippen molar-refractivity contribution >= 4 is 23.8 Å². The third-order valence-electron chi connectivity index (χ3n) is 5.38. The molecule has 8 heteroatoms. The minimum Gasteiger partial charge on any atom is -0.466 e. The van der Waals surface area contributed by atoms with Crippen LogP contribution in [0.5, 0.6) is 0 Å². The number of carbonyl (C=O) groups is 4. The van der Waals surface area contributed by atoms with Crippen LogP contribution in [0, 0.1) is 5.92 Å². The van der Waals surface area contributed by atoms with Gasteiger partial charge in [0.1, 0.15) is 6.04 Å². The highest BCUT2D eigenvalue weighted by molar-refractivity contribution is 5.99. The Balaban J connectivity index is 1.92. The SMILES string of the molecule is CCOC(=O)C[C@H](C(=O)OCC)[C@H](NC(=O)C1c2ccccc2-c2ccccc21)C(N)=O. The van der Waals surface area contributed by atoms with Gasteiger partial charge in [-0.15, -0.1) is 0 Å². The molecule has 0 radical (unpaired) electrons. The fourth-order valence-corrected chi connectivity index (χ4v) is 4.03. The molecule has 0 unspecified atom stereocenters. The highest BCUT2D eigenvalue weighted by Gasteiger charge is 2.40. The summed E-state index contributed by atoms with van der Waals surface area (Å²) in [5.74, 6) is -4.93. The fraction of sp³-hybridized carbons (Fsp3) is 0.333. The van der Waals surface area contributed by atoms with E-state index in [1.165, 1.54) is 0 Å². The quantitative estimate of drug-likeness (QED) is 0.576. The Kier molecular flexibility index (Phi) is 7.25. The molecule has 3 rings (SSSR count). The van der Waals surface area contributed by atoms with Crippen LogP contribution in [0.4, 0.5) is 0 Å². The highest BCUT2D eigenvalue weighted by atomic mass is 16.5. The largest absolute Gasteiger partial charge is 0.466 e. The van der Waals surface area contributed by atoms with Crippen LogP contribution in [0.25, 0.3) is 11.1 Å². The summed E-state index contributed by atoms with van der Waals surface area (Å²) >= 11 is 0. The number of hydrogen-bond acceptors (Lipinski definition) is 6. The number of primary amides is 1. The molecule has 0 saturated carbocycles. The van der Waals surface area contributed by atoms with Crippen LogP contribution < -0.4 is 11.1 Å². The first-order valence-electron chi connectivity index (χ1n) is 10.5. The lowest BCUT2D eigenvalue weighted by Crippen LogP contribution is -2.53. The molecular formula is C24H26N2O6. The van der Waals surface area contributed by atoms with E-state index in [2.05, 4.69) is 5.32 Å². The van der Waals surface area contributed by atoms with Crippen molar-refractivity contribution in [2.45, 2.75) is 32.2 Å². The van der Waals surface area contributed by atoms with Gasteiger partial charge in [0.25, 0.3) is 0 Å². The summed E-state index contributed by atoms with van der Waals surface area (Å²) < 4.78 is 9.94. The van der Waals surface area contributed by atoms with Crippen LogP contribution >= 0.6 is 0 Å². The number of nitrogens with two attached hydrogens (primary N) is 1. The van der Waals surface area contributed by atoms with Gasteiger partial charge >= 0.3 is 11.9 Å². The Morgan fingerprint density at radius 3 is 1.94 bits per heavy atom. The lowest BCUT2D eigenvalue weighted by atomic mass is 9.92. The van der Waals surface area contributed by atoms with Crippen molar-refractivity contribution in [2.75, 3.05) is 13.2 Å². The Morgan fingerprint density at radius 2 is 1.44 bits per heavy atom. The maximum Gasteiger partial charge on any atom is 0.312 e. The lowest BCUT2D eigenvalue weighted by Gasteiger charge is -2.25. The molecule has 0 bridgehead atoms. The Labute approximate surface area is 186 Å². The number of fused-ring (bicyclic) bond motifs is 3. The molecule has 1 aliphatic carbocycles. The number of nitrogens with one attached hydrogen (secondary N) is 1. The Bertz CT molecular complexity index is 989. The Hall–Kier alpha value is -3.68. The van der Waals surface area contributed by atoms with Gasteiger partial charge in [-0.3, -0.25) is 19.2 Å². The average molecular weight is 438 g/mol. The zero-order chi connectivity index (χ0) is 23.3. The average Bonchev–Trinajstić information content (AvgIpc) is 3.11. The van der Waals surface area contributed by atoms with Gasteiger partial charge in [-0.2, -0.15) is 0 Å². The first-order chi connectivity index (χ1) is 15.4. The predicted molar refractivity (Wildman–Crippen MR) is 116 cm³/mol. The van der Waals surface area contributed by atoms with Gasteiger partial charge in [-0.05, 0) is 36.1 Å². The second-order valence-electron chi connectivity index (χ2n) is 7.36. The van der Waals surface area contributed by atoms with Crippen molar-refractivity contribution in [2.24, 2.45) is 11.7 Å². The first-order valence-corrected chi connectivity index (χ1v) is 10.5. The molecule has 2 aromatic rings. The number of carbonyl (C=O) groups excluding carboxylic acids is 4. The van der Waals surface area contributed by atoms with Crippen LogP contribution in [0.3, 0.4) is 0 Å². The summed E-state index contributed by atoms with van der Waals surface area (Å²) in [6, 6.07) is 13.5. The molecule has 2 aromatic carbocycles. The van der Waals surface area contributed by atoms with Gasteiger partial charge in [0.05, 0.1) is 31.5 Å². The molecule has 0 heterocycles. The maximum absolute atomic E-state index is 13.4. The fourth-order valence-electron chi connectivity index (χ4n) is 4.03. The van der Waals surface area contributed by atoms with Crippen molar-refractivity contribution in [1.82, 2.24) is 5.32 Å². The van der Waals surface area contributed by atoms with Crippen LogP contribution in [-0.2, 0) is 28.7 Å². The van der Waals surface area contributed by atoms with E-state index >= 15 is 0 Å². The van der Waals surface area contributed by atoms with E-state index in [0.29, 0.717) is 0 Å². The van der Waals surface area contributed by atoms with Crippen molar-refractivity contribution in [3.63, 3.8) is 0 Å². The van der Waals surface area contributed by atoms with Crippen molar-refractivity contribution in [3.05, 3.63) is 59.7 Å². The van der Waals surface area contributed by atoms with Crippen LogP contribution in [0.15, 0.2) is 48.5 Å². The molecule has 0 aromatic heterocycles. The number of esters is 2. The summed E-state index contributed by atoms with van der Waals surface area (Å²) in [6.45, 7) is 3.38. The summed E-state index contributed by atoms with van der Waals surface area (Å²) in [5.41, 5.74) is 8.96. The molecule has 32 heavy (non-hydrogen) atoms. The summed E-state index contributed by atoms with van der Waals surface area (Å²) in [5, 5.41) is 2.60. The van der Waals surface area contributed by atoms with Gasteiger partial charge in [-0.1, -0.05) is 48.5 Å². The van der Waals surface area contributed by atoms with Gasteiger partial charge in [0.15, 0.2) is 0 Å². The van der Waals surface area contributed by atoms with E-state index in [4.69, 9.17) is 15.2 Å². The van der Waals surface area contributed by atoms with Crippen LogP contribution in [-0.4, -0.2) is 43.0 Å². The summed E-state index contributed by atoms with van der Waals surface area (Å²) in [4.78, 5) is 50.3. The predicted octanol–water partition coefficient (Wildman–Crippen LogP) is 1.90. The smallest absolute Gasteiger partial charge is 0.312 e. The van der Waals surface area contributed by atoms with Crippen molar-refractivity contribution in [3.8, 4) is 11.1 Å². The minimum atomic E-state index is -1.44. The van der Waals surface area contributed by atoms with E-state index < -0.39 is 48.1 Å². The molecule has 1 aliphatic rings. The van der Waals surface area contributed by atoms with E-state index in [9.17, 15) is 19.2 Å². The zero-order valence-electron chi connectivity index (χ0n) is 18.0. The maximum atomic E-state index is 13.4. The van der Waals surface area contributed by atoms with Gasteiger partial charge < -0.3 is 20.5 Å². The van der Waals surface area contributed by atoms with E-state index in [0.717, 1.165) is 22.3 Å². The molecule has 2 amide bonds. The second-order valence-corrected chi connectivity index (χ2v) is 7.36. The molecular weight excluding hydrogens is 412 g/mol. The number of benzene rings is 2. The van der Waals surface area contributed by atoms with Gasteiger partial charge in [0.2, 0.25) is 11.8 Å². The van der Waals surface area contributed by atoms with Crippen LogP contribution in [0.2, 0.25) is 0 Å². The minimum absolute atomic E-state index is 0.0426. The molecule has 0 saturated heterocycles. The van der Waals surface area contributed by atoms with Crippen molar-refractivity contribution in [1.29, 1.82) is 0 Å². The van der Waals surface area contributed by atoms with E-state index in [1.807, 2.05) is 48.5 Å². The molecule has 3 N–H and O–H groups in total. The standard InChI is InChI=1S/C24H26N2O6/c1-3-31-19(27)13-18(24(30)32-4-2)21(22(25)28)26-23(29)20-16-11-7-5-9-14(16)15-10-6-8-12-17(15)20/h5-12,18,20-21H,3-4,13H2,1-2H3,(H2,25,28)(H,26,29)/t18-,21-/m0/s1. The molecule has 168 valence electrons. The zero-order valence-corrected chi connectivity index (χ0v) is 18.0. The number of hydrogen-bond donors (Lipinski definition) is 2. The molecule has 0 aliphatic heterocycles. The third-order valence-corrected chi connectivity index (χ3v) is 5.38. The number of ether oxygens (including phenoxy) is 2. The van der Waals surface area contributed by atoms with E-state index in [-0.39, 0.29) is 13.2 Å². The van der Waals surface area contributed by atoms with Crippen molar-refractivity contribution < 1.29 is 28.7 Å². The topological polar surface area (TPSA) is 125 Å². The third kappa shape index (κ3) is 4.64. The Morgan fingerprint density at radius 1 is 0.906 bits per heavy atom. The lowest BCUT2D eigenvalue weighted by molar-refractivity contribution is -0.157. The van der Waals surface area contributed by atoms with Gasteiger partial charge in [0, 0.05) is 0 Å². The molecule has 0 spiro atoms. The number of rotatable bonds is 9. The first kappa shape index (κ1) is 23.0. The monoisotopic (exact) mass is 438 g/mol. The normalized spacial score (nSPS) is 13.9. The second kappa shape index (κ2) is 10.1.